The summed E-state index contributed by atoms with van der Waals surface area (Å²) in [5.74, 6) is 1.86. The molecular weight excluding hydrogens is 316 g/mol. The number of pyridine rings is 1. The molecule has 0 N–H and O–H groups in total. The van der Waals surface area contributed by atoms with Crippen LogP contribution in [0.4, 0.5) is 5.82 Å². The topological polar surface area (TPSA) is 41.9 Å². The Bertz CT molecular complexity index is 545. The van der Waals surface area contributed by atoms with Gasteiger partial charge < -0.3 is 4.90 Å². The van der Waals surface area contributed by atoms with Crippen LogP contribution >= 0.6 is 15.9 Å². The van der Waals surface area contributed by atoms with E-state index in [4.69, 9.17) is 0 Å². The minimum absolute atomic E-state index is 0.849. The van der Waals surface area contributed by atoms with E-state index in [1.165, 1.54) is 5.56 Å². The number of aryl methyl sites for hydroxylation is 1. The lowest BCUT2D eigenvalue weighted by atomic mass is 10.2. The molecule has 0 bridgehead atoms. The van der Waals surface area contributed by atoms with Crippen LogP contribution in [-0.4, -0.2) is 28.5 Å². The molecule has 2 aromatic rings. The first kappa shape index (κ1) is 14.9. The Kier molecular flexibility index (Phi) is 5.47. The van der Waals surface area contributed by atoms with Crippen molar-refractivity contribution in [1.82, 2.24) is 15.0 Å². The second kappa shape index (κ2) is 7.33. The fourth-order valence-corrected chi connectivity index (χ4v) is 2.35. The molecule has 2 heterocycles. The highest BCUT2D eigenvalue weighted by Gasteiger charge is 2.07. The van der Waals surface area contributed by atoms with Crippen molar-refractivity contribution in [2.75, 3.05) is 18.5 Å². The normalized spacial score (nSPS) is 10.6. The van der Waals surface area contributed by atoms with Crippen LogP contribution in [0.1, 0.15) is 24.7 Å². The molecular formula is C15H19BrN4. The first-order valence-electron chi connectivity index (χ1n) is 6.82. The van der Waals surface area contributed by atoms with E-state index in [1.54, 1.807) is 0 Å². The molecule has 4 nitrogen and oxygen atoms in total. The minimum Gasteiger partial charge on any atom is -0.359 e. The molecule has 0 unspecified atom stereocenters. The highest BCUT2D eigenvalue weighted by molar-refractivity contribution is 9.10. The third-order valence-electron chi connectivity index (χ3n) is 3.08. The highest BCUT2D eigenvalue weighted by atomic mass is 79.9. The van der Waals surface area contributed by atoms with Crippen molar-refractivity contribution >= 4 is 21.7 Å². The van der Waals surface area contributed by atoms with Crippen LogP contribution in [0, 0.1) is 0 Å². The molecule has 2 aromatic heterocycles. The standard InChI is InChI=1S/C15H19BrN4/c1-3-4-14-18-13(16)11-15(19-14)20(2)10-7-12-5-8-17-9-6-12/h5-6,8-9,11H,3-4,7,10H2,1-2H3. The Morgan fingerprint density at radius 1 is 1.15 bits per heavy atom. The average Bonchev–Trinajstić information content (AvgIpc) is 2.45. The second-order valence-electron chi connectivity index (χ2n) is 4.74. The van der Waals surface area contributed by atoms with Crippen LogP contribution in [0.5, 0.6) is 0 Å². The second-order valence-corrected chi connectivity index (χ2v) is 5.55. The van der Waals surface area contributed by atoms with E-state index >= 15 is 0 Å². The predicted molar refractivity (Wildman–Crippen MR) is 84.9 cm³/mol. The zero-order valence-corrected chi connectivity index (χ0v) is 13.5. The highest BCUT2D eigenvalue weighted by Crippen LogP contribution is 2.16. The summed E-state index contributed by atoms with van der Waals surface area (Å²) in [6.45, 7) is 3.05. The fourth-order valence-electron chi connectivity index (χ4n) is 1.94. The Balaban J connectivity index is 2.03. The monoisotopic (exact) mass is 334 g/mol. The number of aromatic nitrogens is 3. The van der Waals surface area contributed by atoms with Crippen molar-refractivity contribution in [1.29, 1.82) is 0 Å². The molecule has 0 aliphatic rings. The third-order valence-corrected chi connectivity index (χ3v) is 3.48. The summed E-state index contributed by atoms with van der Waals surface area (Å²) in [5, 5.41) is 0. The predicted octanol–water partition coefficient (Wildman–Crippen LogP) is 3.27. The lowest BCUT2D eigenvalue weighted by Crippen LogP contribution is -2.22. The first-order chi connectivity index (χ1) is 9.69. The maximum Gasteiger partial charge on any atom is 0.133 e. The minimum atomic E-state index is 0.849. The summed E-state index contributed by atoms with van der Waals surface area (Å²) in [5.41, 5.74) is 1.29. The van der Waals surface area contributed by atoms with Crippen LogP contribution in [0.15, 0.2) is 35.2 Å². The zero-order chi connectivity index (χ0) is 14.4. The number of hydrogen-bond acceptors (Lipinski definition) is 4. The SMILES string of the molecule is CCCc1nc(Br)cc(N(C)CCc2ccncc2)n1. The van der Waals surface area contributed by atoms with E-state index in [2.05, 4.69) is 49.8 Å². The van der Waals surface area contributed by atoms with Gasteiger partial charge in [0.1, 0.15) is 16.2 Å². The summed E-state index contributed by atoms with van der Waals surface area (Å²) in [4.78, 5) is 15.2. The summed E-state index contributed by atoms with van der Waals surface area (Å²) in [6, 6.07) is 6.06. The van der Waals surface area contributed by atoms with Crippen molar-refractivity contribution in [3.63, 3.8) is 0 Å². The van der Waals surface area contributed by atoms with Gasteiger partial charge in [-0.25, -0.2) is 9.97 Å². The summed E-state index contributed by atoms with van der Waals surface area (Å²) in [6.07, 6.45) is 6.59. The number of rotatable bonds is 6. The van der Waals surface area contributed by atoms with Crippen LogP contribution in [0.3, 0.4) is 0 Å². The lowest BCUT2D eigenvalue weighted by molar-refractivity contribution is 0.800. The van der Waals surface area contributed by atoms with Crippen LogP contribution < -0.4 is 4.90 Å². The lowest BCUT2D eigenvalue weighted by Gasteiger charge is -2.19. The molecule has 20 heavy (non-hydrogen) atoms. The molecule has 0 aliphatic carbocycles. The van der Waals surface area contributed by atoms with Gasteiger partial charge in [-0.1, -0.05) is 6.92 Å². The maximum absolute atomic E-state index is 4.61. The average molecular weight is 335 g/mol. The number of hydrogen-bond donors (Lipinski definition) is 0. The van der Waals surface area contributed by atoms with Gasteiger partial charge in [-0.3, -0.25) is 4.98 Å². The van der Waals surface area contributed by atoms with E-state index in [9.17, 15) is 0 Å². The largest absolute Gasteiger partial charge is 0.359 e. The van der Waals surface area contributed by atoms with Gasteiger partial charge in [-0.2, -0.15) is 0 Å². The Morgan fingerprint density at radius 2 is 1.90 bits per heavy atom. The quantitative estimate of drug-likeness (QED) is 0.760. The van der Waals surface area contributed by atoms with Crippen molar-refractivity contribution in [3.05, 3.63) is 46.6 Å². The van der Waals surface area contributed by atoms with E-state index in [1.807, 2.05) is 30.6 Å². The molecule has 0 atom stereocenters. The van der Waals surface area contributed by atoms with E-state index < -0.39 is 0 Å². The molecule has 0 saturated heterocycles. The Hall–Kier alpha value is -1.49. The van der Waals surface area contributed by atoms with Gasteiger partial charge in [-0.05, 0) is 46.5 Å². The molecule has 0 aromatic carbocycles. The van der Waals surface area contributed by atoms with Crippen LogP contribution in [0.25, 0.3) is 0 Å². The van der Waals surface area contributed by atoms with E-state index in [0.717, 1.165) is 42.1 Å². The summed E-state index contributed by atoms with van der Waals surface area (Å²) in [7, 11) is 2.06. The van der Waals surface area contributed by atoms with Crippen LogP contribution in [-0.2, 0) is 12.8 Å². The van der Waals surface area contributed by atoms with Gasteiger partial charge in [0.15, 0.2) is 0 Å². The number of nitrogens with zero attached hydrogens (tertiary/aromatic N) is 4. The van der Waals surface area contributed by atoms with Gasteiger partial charge in [0.05, 0.1) is 0 Å². The number of likely N-dealkylation sites (N-methyl/N-ethyl adjacent to an activating group) is 1. The zero-order valence-electron chi connectivity index (χ0n) is 11.9. The molecule has 2 rings (SSSR count). The third kappa shape index (κ3) is 4.27. The molecule has 0 aliphatic heterocycles. The molecule has 5 heteroatoms. The smallest absolute Gasteiger partial charge is 0.133 e. The number of anilines is 1. The van der Waals surface area contributed by atoms with Crippen molar-refractivity contribution in [2.24, 2.45) is 0 Å². The first-order valence-corrected chi connectivity index (χ1v) is 7.62. The maximum atomic E-state index is 4.61. The summed E-state index contributed by atoms with van der Waals surface area (Å²) < 4.78 is 0.849. The van der Waals surface area contributed by atoms with Crippen LogP contribution in [0.2, 0.25) is 0 Å². The van der Waals surface area contributed by atoms with Gasteiger partial charge >= 0.3 is 0 Å². The molecule has 0 amide bonds. The fraction of sp³-hybridized carbons (Fsp3) is 0.400. The Labute approximate surface area is 128 Å². The van der Waals surface area contributed by atoms with Crippen molar-refractivity contribution in [2.45, 2.75) is 26.2 Å². The van der Waals surface area contributed by atoms with Gasteiger partial charge in [0, 0.05) is 38.5 Å². The molecule has 0 spiro atoms. The molecule has 106 valence electrons. The van der Waals surface area contributed by atoms with Gasteiger partial charge in [0.2, 0.25) is 0 Å². The Morgan fingerprint density at radius 3 is 2.60 bits per heavy atom. The van der Waals surface area contributed by atoms with E-state index in [0.29, 0.717) is 0 Å². The summed E-state index contributed by atoms with van der Waals surface area (Å²) >= 11 is 3.46. The van der Waals surface area contributed by atoms with Crippen molar-refractivity contribution in [3.8, 4) is 0 Å². The molecule has 0 fully saturated rings. The molecule has 0 radical (unpaired) electrons. The van der Waals surface area contributed by atoms with Gasteiger partial charge in [-0.15, -0.1) is 0 Å². The van der Waals surface area contributed by atoms with E-state index in [-0.39, 0.29) is 0 Å². The number of halogens is 1. The van der Waals surface area contributed by atoms with Gasteiger partial charge in [0.25, 0.3) is 0 Å². The molecule has 0 saturated carbocycles. The van der Waals surface area contributed by atoms with Crippen molar-refractivity contribution < 1.29 is 0 Å².